The van der Waals surface area contributed by atoms with Gasteiger partial charge in [-0.1, -0.05) is 6.08 Å². The molecule has 2 aromatic heterocycles. The standard InChI is InChI=1S/C11H13N5O2S2/c1-16-5-3-4-7(6-16)8-9(13-19-12-8)18-11-10(17-2)14-20-15-11/h4H,3,5-6H2,1-2H3. The van der Waals surface area contributed by atoms with Crippen molar-refractivity contribution < 1.29 is 9.47 Å². The monoisotopic (exact) mass is 311 g/mol. The van der Waals surface area contributed by atoms with Crippen LogP contribution in [0.5, 0.6) is 17.6 Å². The van der Waals surface area contributed by atoms with E-state index in [1.54, 1.807) is 0 Å². The molecule has 0 spiro atoms. The second kappa shape index (κ2) is 5.81. The van der Waals surface area contributed by atoms with Crippen molar-refractivity contribution in [2.24, 2.45) is 0 Å². The summed E-state index contributed by atoms with van der Waals surface area (Å²) in [6.07, 6.45) is 3.19. The molecular weight excluding hydrogens is 298 g/mol. The van der Waals surface area contributed by atoms with E-state index in [-0.39, 0.29) is 0 Å². The molecule has 0 amide bonds. The third-order valence-corrected chi connectivity index (χ3v) is 3.93. The molecule has 7 nitrogen and oxygen atoms in total. The lowest BCUT2D eigenvalue weighted by Gasteiger charge is -2.21. The lowest BCUT2D eigenvalue weighted by Crippen LogP contribution is -2.25. The molecule has 1 aliphatic rings. The fraction of sp³-hybridized carbons (Fsp3) is 0.455. The first-order valence-electron chi connectivity index (χ1n) is 6.03. The molecule has 0 bridgehead atoms. The summed E-state index contributed by atoms with van der Waals surface area (Å²) in [4.78, 5) is 2.24. The lowest BCUT2D eigenvalue weighted by atomic mass is 10.1. The summed E-state index contributed by atoms with van der Waals surface area (Å²) in [5.74, 6) is 1.16. The molecule has 0 aromatic carbocycles. The van der Waals surface area contributed by atoms with E-state index in [0.717, 1.165) is 54.2 Å². The minimum atomic E-state index is 0.330. The summed E-state index contributed by atoms with van der Waals surface area (Å²) >= 11 is 2.16. The summed E-state index contributed by atoms with van der Waals surface area (Å²) in [5, 5.41) is 0. The molecule has 1 aliphatic heterocycles. The number of methoxy groups -OCH3 is 1. The minimum absolute atomic E-state index is 0.330. The second-order valence-corrected chi connectivity index (χ2v) is 5.41. The van der Waals surface area contributed by atoms with Gasteiger partial charge >= 0.3 is 0 Å². The molecule has 0 N–H and O–H groups in total. The highest BCUT2D eigenvalue weighted by atomic mass is 32.1. The molecule has 3 heterocycles. The van der Waals surface area contributed by atoms with Crippen LogP contribution in [0.4, 0.5) is 0 Å². The number of ether oxygens (including phenoxy) is 2. The van der Waals surface area contributed by atoms with Gasteiger partial charge in [-0.15, -0.1) is 13.1 Å². The van der Waals surface area contributed by atoms with Gasteiger partial charge in [-0.25, -0.2) is 0 Å². The van der Waals surface area contributed by atoms with Crippen LogP contribution in [0.1, 0.15) is 12.1 Å². The van der Waals surface area contributed by atoms with E-state index < -0.39 is 0 Å². The van der Waals surface area contributed by atoms with Crippen LogP contribution in [0.3, 0.4) is 0 Å². The molecule has 0 atom stereocenters. The van der Waals surface area contributed by atoms with Crippen molar-refractivity contribution in [3.8, 4) is 17.6 Å². The number of nitrogens with zero attached hydrogens (tertiary/aromatic N) is 5. The van der Waals surface area contributed by atoms with Crippen LogP contribution in [0.25, 0.3) is 5.57 Å². The van der Waals surface area contributed by atoms with Crippen LogP contribution in [0, 0.1) is 0 Å². The molecule has 2 aromatic rings. The van der Waals surface area contributed by atoms with E-state index >= 15 is 0 Å². The van der Waals surface area contributed by atoms with Crippen LogP contribution in [0.15, 0.2) is 6.08 Å². The van der Waals surface area contributed by atoms with Crippen LogP contribution in [-0.4, -0.2) is 49.6 Å². The van der Waals surface area contributed by atoms with E-state index in [2.05, 4.69) is 35.5 Å². The van der Waals surface area contributed by atoms with Crippen LogP contribution in [-0.2, 0) is 0 Å². The quantitative estimate of drug-likeness (QED) is 0.854. The summed E-state index contributed by atoms with van der Waals surface area (Å²) in [6, 6.07) is 0. The van der Waals surface area contributed by atoms with Crippen LogP contribution >= 0.6 is 23.5 Å². The molecule has 9 heteroatoms. The zero-order valence-corrected chi connectivity index (χ0v) is 12.7. The number of hydrogen-bond donors (Lipinski definition) is 0. The zero-order valence-electron chi connectivity index (χ0n) is 11.1. The minimum Gasteiger partial charge on any atom is -0.477 e. The molecule has 3 rings (SSSR count). The zero-order chi connectivity index (χ0) is 13.9. The Bertz CT molecular complexity index is 624. The fourth-order valence-corrected chi connectivity index (χ4v) is 2.93. The Balaban J connectivity index is 1.85. The van der Waals surface area contributed by atoms with Gasteiger partial charge in [-0.2, -0.15) is 4.37 Å². The molecule has 106 valence electrons. The summed E-state index contributed by atoms with van der Waals surface area (Å²) in [6.45, 7) is 1.90. The third-order valence-electron chi connectivity index (χ3n) is 2.92. The van der Waals surface area contributed by atoms with E-state index in [4.69, 9.17) is 9.47 Å². The summed E-state index contributed by atoms with van der Waals surface area (Å²) in [7, 11) is 3.61. The topological polar surface area (TPSA) is 73.3 Å². The van der Waals surface area contributed by atoms with Crippen molar-refractivity contribution in [2.45, 2.75) is 6.42 Å². The predicted octanol–water partition coefficient (Wildman–Crippen LogP) is 1.91. The first-order chi connectivity index (χ1) is 9.78. The Hall–Kier alpha value is -1.58. The van der Waals surface area contributed by atoms with E-state index in [0.29, 0.717) is 17.6 Å². The highest BCUT2D eigenvalue weighted by molar-refractivity contribution is 6.99. The highest BCUT2D eigenvalue weighted by Gasteiger charge is 2.21. The molecule has 0 saturated carbocycles. The van der Waals surface area contributed by atoms with Crippen molar-refractivity contribution in [1.82, 2.24) is 22.4 Å². The van der Waals surface area contributed by atoms with Crippen molar-refractivity contribution in [2.75, 3.05) is 27.2 Å². The molecule has 0 radical (unpaired) electrons. The number of aromatic nitrogens is 4. The Labute approximate surface area is 124 Å². The van der Waals surface area contributed by atoms with Crippen LogP contribution in [0.2, 0.25) is 0 Å². The van der Waals surface area contributed by atoms with E-state index in [1.807, 2.05) is 0 Å². The summed E-state index contributed by atoms with van der Waals surface area (Å²) in [5.41, 5.74) is 1.90. The average molecular weight is 311 g/mol. The Kier molecular flexibility index (Phi) is 3.90. The maximum atomic E-state index is 5.69. The van der Waals surface area contributed by atoms with Gasteiger partial charge in [0.15, 0.2) is 0 Å². The van der Waals surface area contributed by atoms with Crippen molar-refractivity contribution in [1.29, 1.82) is 0 Å². The molecule has 0 unspecified atom stereocenters. The van der Waals surface area contributed by atoms with Crippen molar-refractivity contribution in [3.63, 3.8) is 0 Å². The number of hydrogen-bond acceptors (Lipinski definition) is 9. The molecule has 20 heavy (non-hydrogen) atoms. The third kappa shape index (κ3) is 2.65. The second-order valence-electron chi connectivity index (χ2n) is 4.35. The molecule has 0 fully saturated rings. The van der Waals surface area contributed by atoms with Gasteiger partial charge in [0.2, 0.25) is 0 Å². The number of rotatable bonds is 4. The van der Waals surface area contributed by atoms with Crippen molar-refractivity contribution >= 4 is 29.0 Å². The Morgan fingerprint density at radius 1 is 1.10 bits per heavy atom. The first-order valence-corrected chi connectivity index (χ1v) is 7.49. The maximum Gasteiger partial charge on any atom is 0.298 e. The smallest absolute Gasteiger partial charge is 0.298 e. The normalized spacial score (nSPS) is 16.0. The maximum absolute atomic E-state index is 5.69. The van der Waals surface area contributed by atoms with Gasteiger partial charge in [0.05, 0.1) is 30.6 Å². The van der Waals surface area contributed by atoms with E-state index in [1.165, 1.54) is 7.11 Å². The predicted molar refractivity (Wildman–Crippen MR) is 76.5 cm³/mol. The molecule has 0 saturated heterocycles. The van der Waals surface area contributed by atoms with Gasteiger partial charge in [-0.3, -0.25) is 0 Å². The highest BCUT2D eigenvalue weighted by Crippen LogP contribution is 2.33. The van der Waals surface area contributed by atoms with E-state index in [9.17, 15) is 0 Å². The number of likely N-dealkylation sites (N-methyl/N-ethyl adjacent to an activating group) is 1. The SMILES string of the molecule is COc1nsnc1Oc1nsnc1C1=CCCN(C)C1. The Morgan fingerprint density at radius 3 is 2.65 bits per heavy atom. The van der Waals surface area contributed by atoms with Gasteiger partial charge in [0.25, 0.3) is 17.6 Å². The Morgan fingerprint density at radius 2 is 1.85 bits per heavy atom. The fourth-order valence-electron chi connectivity index (χ4n) is 1.96. The first kappa shape index (κ1) is 13.4. The molecular formula is C11H13N5O2S2. The summed E-state index contributed by atoms with van der Waals surface area (Å²) < 4.78 is 27.3. The van der Waals surface area contributed by atoms with Gasteiger partial charge in [-0.05, 0) is 19.0 Å². The van der Waals surface area contributed by atoms with Crippen molar-refractivity contribution in [3.05, 3.63) is 11.8 Å². The van der Waals surface area contributed by atoms with Gasteiger partial charge < -0.3 is 14.4 Å². The van der Waals surface area contributed by atoms with Gasteiger partial charge in [0, 0.05) is 13.1 Å². The molecule has 0 aliphatic carbocycles. The lowest BCUT2D eigenvalue weighted by molar-refractivity contribution is 0.358. The van der Waals surface area contributed by atoms with Crippen LogP contribution < -0.4 is 9.47 Å². The van der Waals surface area contributed by atoms with Gasteiger partial charge in [0.1, 0.15) is 5.69 Å². The average Bonchev–Trinajstić information content (AvgIpc) is 3.08. The largest absolute Gasteiger partial charge is 0.477 e.